The Morgan fingerprint density at radius 3 is 2.27 bits per heavy atom. The van der Waals surface area contributed by atoms with Crippen LogP contribution < -0.4 is 14.7 Å². The van der Waals surface area contributed by atoms with Crippen LogP contribution in [0, 0.1) is 34.9 Å². The molecule has 0 unspecified atom stereocenters. The highest BCUT2D eigenvalue weighted by Crippen LogP contribution is 2.64. The first-order chi connectivity index (χ1) is 23.1. The van der Waals surface area contributed by atoms with Crippen LogP contribution >= 0.6 is 11.6 Å². The molecule has 9 nitrogen and oxygen atoms in total. The lowest BCUT2D eigenvalue weighted by atomic mass is 9.51. The van der Waals surface area contributed by atoms with Crippen LogP contribution in [0.2, 0.25) is 5.02 Å². The third kappa shape index (κ3) is 4.45. The Balaban J connectivity index is 1.18. The van der Waals surface area contributed by atoms with Gasteiger partial charge >= 0.3 is 0 Å². The number of carbonyl (C=O) groups excluding carboxylic acids is 4. The van der Waals surface area contributed by atoms with Crippen molar-refractivity contribution in [3.8, 4) is 5.75 Å². The Morgan fingerprint density at radius 1 is 0.854 bits per heavy atom. The van der Waals surface area contributed by atoms with E-state index in [-0.39, 0.29) is 34.7 Å². The number of hydrogen-bond acceptors (Lipinski definition) is 7. The highest BCUT2D eigenvalue weighted by atomic mass is 35.5. The number of morpholine rings is 1. The summed E-state index contributed by atoms with van der Waals surface area (Å²) < 4.78 is 19.6. The smallest absolute Gasteiger partial charge is 0.241 e. The lowest BCUT2D eigenvalue weighted by Crippen LogP contribution is -2.48. The predicted molar refractivity (Wildman–Crippen MR) is 176 cm³/mol. The molecular weight excluding hydrogens is 637 g/mol. The summed E-state index contributed by atoms with van der Waals surface area (Å²) in [6, 6.07) is 17.8. The van der Waals surface area contributed by atoms with E-state index >= 15 is 0 Å². The van der Waals surface area contributed by atoms with Gasteiger partial charge in [0.05, 0.1) is 52.8 Å². The average molecular weight is 670 g/mol. The molecular formula is C37H33ClFN3O6. The molecule has 2 aliphatic carbocycles. The molecule has 4 amide bonds. The van der Waals surface area contributed by atoms with E-state index < -0.39 is 52.6 Å². The maximum atomic E-state index is 14.5. The highest BCUT2D eigenvalue weighted by molar-refractivity contribution is 6.32. The summed E-state index contributed by atoms with van der Waals surface area (Å²) in [4.78, 5) is 61.6. The monoisotopic (exact) mass is 669 g/mol. The zero-order valence-corrected chi connectivity index (χ0v) is 26.9. The van der Waals surface area contributed by atoms with Crippen LogP contribution in [0.3, 0.4) is 0 Å². The van der Waals surface area contributed by atoms with Crippen LogP contribution in [0.5, 0.6) is 5.75 Å². The maximum Gasteiger partial charge on any atom is 0.241 e. The van der Waals surface area contributed by atoms with Crippen molar-refractivity contribution in [1.82, 2.24) is 0 Å². The second-order valence-electron chi connectivity index (χ2n) is 13.5. The number of fused-ring (bicyclic) bond motifs is 4. The lowest BCUT2D eigenvalue weighted by molar-refractivity contribution is -0.131. The SMILES string of the molecule is C[C@@]12C(=O)N(c3ccc(F)c(Cl)c3)C(=O)[C@@H]1C[C@@H]1C(=CC[C@@H]3C(=O)N(c4ccc(N5CCOCC5)cc4)C(=O)[C@@H]31)[C@@H]2c1cccc(O)c1. The maximum absolute atomic E-state index is 14.5. The molecule has 6 atom stereocenters. The lowest BCUT2D eigenvalue weighted by Gasteiger charge is -2.49. The van der Waals surface area contributed by atoms with E-state index in [1.54, 1.807) is 37.3 Å². The van der Waals surface area contributed by atoms with Crippen LogP contribution in [-0.4, -0.2) is 55.0 Å². The predicted octanol–water partition coefficient (Wildman–Crippen LogP) is 5.46. The van der Waals surface area contributed by atoms with Gasteiger partial charge in [-0.15, -0.1) is 0 Å². The summed E-state index contributed by atoms with van der Waals surface area (Å²) in [5, 5.41) is 10.3. The van der Waals surface area contributed by atoms with E-state index in [0.717, 1.165) is 35.3 Å². The molecule has 3 heterocycles. The number of rotatable bonds is 4. The standard InChI is InChI=1S/C37H33ClFN3O6/c1-37-28(34(45)42(36(37)47)23-9-12-30(39)29(38)18-23)19-27-25(32(37)20-3-2-4-24(43)17-20)10-11-26-31(27)35(46)41(33(26)44)22-7-5-21(6-8-22)40-13-15-48-16-14-40/h2-10,12,17-18,26-28,31-32,43H,11,13-16,19H2,1H3/t26-,27+,28-,31-,32-,37+/m0/s1. The Hall–Kier alpha value is -4.54. The van der Waals surface area contributed by atoms with Crippen molar-refractivity contribution in [2.45, 2.75) is 25.7 Å². The van der Waals surface area contributed by atoms with Gasteiger partial charge in [0.25, 0.3) is 0 Å². The number of nitrogens with zero attached hydrogens (tertiary/aromatic N) is 3. The van der Waals surface area contributed by atoms with Crippen molar-refractivity contribution in [2.24, 2.45) is 29.1 Å². The summed E-state index contributed by atoms with van der Waals surface area (Å²) in [7, 11) is 0. The van der Waals surface area contributed by atoms with Crippen molar-refractivity contribution >= 4 is 52.3 Å². The summed E-state index contributed by atoms with van der Waals surface area (Å²) in [6.07, 6.45) is 2.45. The minimum atomic E-state index is -1.29. The van der Waals surface area contributed by atoms with Crippen LogP contribution in [0.4, 0.5) is 21.5 Å². The first-order valence-corrected chi connectivity index (χ1v) is 16.6. The summed E-state index contributed by atoms with van der Waals surface area (Å²) in [6.45, 7) is 4.55. The Labute approximate surface area is 281 Å². The number of phenols is 1. The molecule has 3 aromatic rings. The molecule has 4 fully saturated rings. The number of halogens is 2. The summed E-state index contributed by atoms with van der Waals surface area (Å²) in [5.41, 5.74) is 1.79. The number of amides is 4. The molecule has 0 radical (unpaired) electrons. The van der Waals surface area contributed by atoms with Gasteiger partial charge in [-0.3, -0.25) is 24.1 Å². The average Bonchev–Trinajstić information content (AvgIpc) is 3.46. The number of benzene rings is 3. The minimum Gasteiger partial charge on any atom is -0.508 e. The summed E-state index contributed by atoms with van der Waals surface area (Å²) in [5.74, 6) is -5.57. The second-order valence-corrected chi connectivity index (χ2v) is 13.9. The van der Waals surface area contributed by atoms with Crippen LogP contribution in [0.1, 0.15) is 31.2 Å². The number of aromatic hydroxyl groups is 1. The van der Waals surface area contributed by atoms with Crippen LogP contribution in [-0.2, 0) is 23.9 Å². The zero-order chi connectivity index (χ0) is 33.5. The Kier molecular flexibility index (Phi) is 7.23. The van der Waals surface area contributed by atoms with Gasteiger partial charge in [0.15, 0.2) is 0 Å². The number of hydrogen-bond donors (Lipinski definition) is 1. The van der Waals surface area contributed by atoms with Crippen LogP contribution in [0.15, 0.2) is 78.4 Å². The van der Waals surface area contributed by atoms with Gasteiger partial charge in [0, 0.05) is 24.7 Å². The van der Waals surface area contributed by atoms with E-state index in [0.29, 0.717) is 30.9 Å². The number of allylic oxidation sites excluding steroid dienone is 2. The topological polar surface area (TPSA) is 107 Å². The van der Waals surface area contributed by atoms with Gasteiger partial charge in [-0.1, -0.05) is 35.4 Å². The van der Waals surface area contributed by atoms with Crippen molar-refractivity contribution < 1.29 is 33.4 Å². The summed E-state index contributed by atoms with van der Waals surface area (Å²) >= 11 is 6.08. The molecule has 0 spiro atoms. The fourth-order valence-corrected chi connectivity index (χ4v) is 9.03. The largest absolute Gasteiger partial charge is 0.508 e. The van der Waals surface area contributed by atoms with E-state index in [9.17, 15) is 28.7 Å². The van der Waals surface area contributed by atoms with Gasteiger partial charge in [-0.2, -0.15) is 0 Å². The van der Waals surface area contributed by atoms with Gasteiger partial charge in [-0.25, -0.2) is 9.29 Å². The van der Waals surface area contributed by atoms with Gasteiger partial charge in [0.1, 0.15) is 11.6 Å². The molecule has 48 heavy (non-hydrogen) atoms. The molecule has 1 N–H and O–H groups in total. The van der Waals surface area contributed by atoms with E-state index in [1.807, 2.05) is 18.2 Å². The third-order valence-corrected chi connectivity index (χ3v) is 11.4. The fraction of sp³-hybridized carbons (Fsp3) is 0.351. The van der Waals surface area contributed by atoms with Crippen molar-refractivity contribution in [2.75, 3.05) is 41.0 Å². The molecule has 1 saturated carbocycles. The molecule has 5 aliphatic rings. The van der Waals surface area contributed by atoms with E-state index in [1.165, 1.54) is 23.1 Å². The number of phenolic OH excluding ortho intramolecular Hbond substituents is 1. The highest BCUT2D eigenvalue weighted by Gasteiger charge is 2.67. The van der Waals surface area contributed by atoms with E-state index in [4.69, 9.17) is 16.3 Å². The van der Waals surface area contributed by atoms with Crippen molar-refractivity contribution in [3.63, 3.8) is 0 Å². The number of imide groups is 2. The number of ether oxygens (including phenoxy) is 1. The van der Waals surface area contributed by atoms with Crippen molar-refractivity contribution in [3.05, 3.63) is 94.8 Å². The molecule has 11 heteroatoms. The number of anilines is 3. The van der Waals surface area contributed by atoms with Crippen molar-refractivity contribution in [1.29, 1.82) is 0 Å². The van der Waals surface area contributed by atoms with Gasteiger partial charge in [-0.05, 0) is 85.8 Å². The molecule has 246 valence electrons. The molecule has 0 bridgehead atoms. The zero-order valence-electron chi connectivity index (χ0n) is 26.1. The molecule has 0 aromatic heterocycles. The quantitative estimate of drug-likeness (QED) is 0.291. The Morgan fingerprint density at radius 2 is 1.56 bits per heavy atom. The molecule has 3 saturated heterocycles. The van der Waals surface area contributed by atoms with Crippen LogP contribution in [0.25, 0.3) is 0 Å². The Bertz CT molecular complexity index is 1910. The fourth-order valence-electron chi connectivity index (χ4n) is 8.86. The van der Waals surface area contributed by atoms with Gasteiger partial charge < -0.3 is 14.7 Å². The minimum absolute atomic E-state index is 0.00169. The second kappa shape index (κ2) is 11.3. The first-order valence-electron chi connectivity index (χ1n) is 16.2. The first kappa shape index (κ1) is 30.8. The molecule has 3 aliphatic heterocycles. The molecule has 3 aromatic carbocycles. The normalized spacial score (nSPS) is 29.9. The van der Waals surface area contributed by atoms with E-state index in [2.05, 4.69) is 4.90 Å². The van der Waals surface area contributed by atoms with Gasteiger partial charge in [0.2, 0.25) is 23.6 Å². The molecule has 8 rings (SSSR count). The number of carbonyl (C=O) groups is 4. The third-order valence-electron chi connectivity index (χ3n) is 11.1.